The molecule has 0 fully saturated rings. The molecule has 0 saturated heterocycles. The first-order chi connectivity index (χ1) is 6.07. The molecule has 0 amide bonds. The minimum absolute atomic E-state index is 0.417. The van der Waals surface area contributed by atoms with E-state index in [9.17, 15) is 9.59 Å². The van der Waals surface area contributed by atoms with Gasteiger partial charge in [0.25, 0.3) is 0 Å². The molecule has 1 unspecified atom stereocenters. The highest BCUT2D eigenvalue weighted by atomic mass is 16.4. The lowest BCUT2D eigenvalue weighted by molar-refractivity contribution is -0.145. The van der Waals surface area contributed by atoms with Crippen LogP contribution in [0.3, 0.4) is 0 Å². The molecule has 0 heterocycles. The summed E-state index contributed by atoms with van der Waals surface area (Å²) in [6, 6.07) is -1.02. The van der Waals surface area contributed by atoms with E-state index in [1.807, 2.05) is 0 Å². The summed E-state index contributed by atoms with van der Waals surface area (Å²) in [7, 11) is 0. The van der Waals surface area contributed by atoms with Gasteiger partial charge in [0, 0.05) is 0 Å². The van der Waals surface area contributed by atoms with Gasteiger partial charge < -0.3 is 21.3 Å². The molecule has 76 valence electrons. The lowest BCUT2D eigenvalue weighted by atomic mass is 10.2. The van der Waals surface area contributed by atoms with Crippen molar-refractivity contribution in [2.75, 3.05) is 13.1 Å². The van der Waals surface area contributed by atoms with Gasteiger partial charge in [-0.1, -0.05) is 0 Å². The molecule has 0 aliphatic rings. The van der Waals surface area contributed by atoms with Crippen molar-refractivity contribution in [3.05, 3.63) is 0 Å². The van der Waals surface area contributed by atoms with Gasteiger partial charge in [-0.25, -0.2) is 0 Å². The van der Waals surface area contributed by atoms with Gasteiger partial charge in [-0.2, -0.15) is 0 Å². The third kappa shape index (κ3) is 6.06. The Balaban J connectivity index is 3.81. The molecule has 6 heteroatoms. The molecule has 0 bridgehead atoms. The van der Waals surface area contributed by atoms with E-state index in [0.717, 1.165) is 0 Å². The van der Waals surface area contributed by atoms with Crippen molar-refractivity contribution in [3.8, 4) is 0 Å². The second kappa shape index (κ2) is 6.38. The van der Waals surface area contributed by atoms with Crippen LogP contribution in [-0.2, 0) is 9.59 Å². The van der Waals surface area contributed by atoms with Gasteiger partial charge in [-0.15, -0.1) is 0 Å². The third-order valence-corrected chi connectivity index (χ3v) is 1.45. The van der Waals surface area contributed by atoms with Crippen molar-refractivity contribution < 1.29 is 19.8 Å². The highest BCUT2D eigenvalue weighted by molar-refractivity contribution is 5.80. The highest BCUT2D eigenvalue weighted by Crippen LogP contribution is 1.92. The summed E-state index contributed by atoms with van der Waals surface area (Å²) in [5.41, 5.74) is 5.19. The first-order valence-electron chi connectivity index (χ1n) is 3.96. The average molecular weight is 190 g/mol. The quantitative estimate of drug-likeness (QED) is 0.377. The molecule has 1 atom stereocenters. The zero-order chi connectivity index (χ0) is 10.3. The number of rotatable bonds is 7. The van der Waals surface area contributed by atoms with Crippen LogP contribution in [0.4, 0.5) is 0 Å². The Morgan fingerprint density at radius 1 is 1.38 bits per heavy atom. The molecule has 0 aromatic heterocycles. The van der Waals surface area contributed by atoms with Gasteiger partial charge in [0.05, 0.1) is 6.42 Å². The number of nitrogens with one attached hydrogen (secondary N) is 1. The Labute approximate surface area is 75.7 Å². The van der Waals surface area contributed by atoms with Crippen LogP contribution < -0.4 is 11.1 Å². The van der Waals surface area contributed by atoms with Crippen LogP contribution in [0, 0.1) is 0 Å². The number of aliphatic carboxylic acids is 2. The molecular formula is C7H14N2O4. The molecule has 5 N–H and O–H groups in total. The Hall–Kier alpha value is -1.14. The summed E-state index contributed by atoms with van der Waals surface area (Å²) >= 11 is 0. The summed E-state index contributed by atoms with van der Waals surface area (Å²) in [4.78, 5) is 20.7. The van der Waals surface area contributed by atoms with Crippen LogP contribution in [-0.4, -0.2) is 41.3 Å². The summed E-state index contributed by atoms with van der Waals surface area (Å²) in [6.07, 6.45) is 0.212. The van der Waals surface area contributed by atoms with Crippen LogP contribution in [0.25, 0.3) is 0 Å². The summed E-state index contributed by atoms with van der Waals surface area (Å²) in [6.45, 7) is 0.868. The summed E-state index contributed by atoms with van der Waals surface area (Å²) in [5.74, 6) is -2.29. The molecule has 6 nitrogen and oxygen atoms in total. The number of hydrogen-bond acceptors (Lipinski definition) is 4. The van der Waals surface area contributed by atoms with Crippen LogP contribution in [0.2, 0.25) is 0 Å². The molecular weight excluding hydrogens is 176 g/mol. The van der Waals surface area contributed by atoms with Gasteiger partial charge >= 0.3 is 11.9 Å². The van der Waals surface area contributed by atoms with Gasteiger partial charge in [0.2, 0.25) is 0 Å². The Morgan fingerprint density at radius 2 is 2.00 bits per heavy atom. The van der Waals surface area contributed by atoms with Crippen LogP contribution in [0.5, 0.6) is 0 Å². The van der Waals surface area contributed by atoms with Gasteiger partial charge in [-0.05, 0) is 19.5 Å². The van der Waals surface area contributed by atoms with E-state index in [1.165, 1.54) is 0 Å². The van der Waals surface area contributed by atoms with E-state index in [-0.39, 0.29) is 0 Å². The normalized spacial score (nSPS) is 12.4. The van der Waals surface area contributed by atoms with Crippen molar-refractivity contribution in [1.29, 1.82) is 0 Å². The Bertz CT molecular complexity index is 183. The molecule has 0 radical (unpaired) electrons. The fourth-order valence-corrected chi connectivity index (χ4v) is 0.800. The van der Waals surface area contributed by atoms with E-state index in [1.54, 1.807) is 0 Å². The average Bonchev–Trinajstić information content (AvgIpc) is 2.02. The SMILES string of the molecule is NCCCNC(CC(=O)O)C(=O)O. The van der Waals surface area contributed by atoms with E-state index < -0.39 is 24.4 Å². The third-order valence-electron chi connectivity index (χ3n) is 1.45. The zero-order valence-electron chi connectivity index (χ0n) is 7.19. The summed E-state index contributed by atoms with van der Waals surface area (Å²) < 4.78 is 0. The molecule has 13 heavy (non-hydrogen) atoms. The Morgan fingerprint density at radius 3 is 2.38 bits per heavy atom. The van der Waals surface area contributed by atoms with Crippen molar-refractivity contribution in [1.82, 2.24) is 5.32 Å². The molecule has 0 spiro atoms. The minimum atomic E-state index is -1.15. The molecule has 0 rings (SSSR count). The molecule has 0 aromatic carbocycles. The number of hydrogen-bond donors (Lipinski definition) is 4. The van der Waals surface area contributed by atoms with Crippen LogP contribution in [0.15, 0.2) is 0 Å². The number of carboxylic acid groups (broad SMARTS) is 2. The maximum Gasteiger partial charge on any atom is 0.321 e. The van der Waals surface area contributed by atoms with E-state index in [0.29, 0.717) is 19.5 Å². The molecule has 0 aromatic rings. The monoisotopic (exact) mass is 190 g/mol. The van der Waals surface area contributed by atoms with Crippen LogP contribution >= 0.6 is 0 Å². The van der Waals surface area contributed by atoms with Gasteiger partial charge in [0.1, 0.15) is 6.04 Å². The van der Waals surface area contributed by atoms with Crippen molar-refractivity contribution in [2.45, 2.75) is 18.9 Å². The second-order valence-corrected chi connectivity index (χ2v) is 2.59. The van der Waals surface area contributed by atoms with E-state index in [4.69, 9.17) is 15.9 Å². The first kappa shape index (κ1) is 11.9. The topological polar surface area (TPSA) is 113 Å². The number of carbonyl (C=O) groups is 2. The predicted molar refractivity (Wildman–Crippen MR) is 45.4 cm³/mol. The number of carboxylic acids is 2. The predicted octanol–water partition coefficient (Wildman–Crippen LogP) is -1.15. The zero-order valence-corrected chi connectivity index (χ0v) is 7.19. The van der Waals surface area contributed by atoms with Crippen LogP contribution in [0.1, 0.15) is 12.8 Å². The van der Waals surface area contributed by atoms with Crippen molar-refractivity contribution in [3.63, 3.8) is 0 Å². The fraction of sp³-hybridized carbons (Fsp3) is 0.714. The highest BCUT2D eigenvalue weighted by Gasteiger charge is 2.19. The molecule has 0 aliphatic heterocycles. The Kier molecular flexibility index (Phi) is 5.82. The van der Waals surface area contributed by atoms with Crippen molar-refractivity contribution >= 4 is 11.9 Å². The van der Waals surface area contributed by atoms with Crippen molar-refractivity contribution in [2.24, 2.45) is 5.73 Å². The van der Waals surface area contributed by atoms with Gasteiger partial charge in [0.15, 0.2) is 0 Å². The lowest BCUT2D eigenvalue weighted by Crippen LogP contribution is -2.39. The largest absolute Gasteiger partial charge is 0.481 e. The fourth-order valence-electron chi connectivity index (χ4n) is 0.800. The minimum Gasteiger partial charge on any atom is -0.481 e. The lowest BCUT2D eigenvalue weighted by Gasteiger charge is -2.11. The smallest absolute Gasteiger partial charge is 0.321 e. The second-order valence-electron chi connectivity index (χ2n) is 2.59. The van der Waals surface area contributed by atoms with E-state index >= 15 is 0 Å². The summed E-state index contributed by atoms with van der Waals surface area (Å²) in [5, 5.41) is 19.5. The first-order valence-corrected chi connectivity index (χ1v) is 3.96. The van der Waals surface area contributed by atoms with E-state index in [2.05, 4.69) is 5.32 Å². The van der Waals surface area contributed by atoms with Gasteiger partial charge in [-0.3, -0.25) is 9.59 Å². The molecule has 0 aliphatic carbocycles. The molecule has 0 saturated carbocycles. The number of nitrogens with two attached hydrogens (primary N) is 1. The standard InChI is InChI=1S/C7H14N2O4/c8-2-1-3-9-5(7(12)13)4-6(10)11/h5,9H,1-4,8H2,(H,10,11)(H,12,13). The maximum absolute atomic E-state index is 10.5. The maximum atomic E-state index is 10.5.